The van der Waals surface area contributed by atoms with Crippen LogP contribution >= 0.6 is 24.0 Å². The van der Waals surface area contributed by atoms with Crippen LogP contribution in [0.15, 0.2) is 18.2 Å². The first-order chi connectivity index (χ1) is 7.73. The number of hydrogen-bond acceptors (Lipinski definition) is 2. The zero-order valence-corrected chi connectivity index (χ0v) is 12.4. The average Bonchev–Trinajstić information content (AvgIpc) is 2.20. The molecule has 0 spiro atoms. The van der Waals surface area contributed by atoms with Gasteiger partial charge in [0.2, 0.25) is 0 Å². The van der Waals surface area contributed by atoms with Crippen molar-refractivity contribution in [3.8, 4) is 0 Å². The molecule has 0 radical (unpaired) electrons. The van der Waals surface area contributed by atoms with Crippen molar-refractivity contribution in [2.45, 2.75) is 39.3 Å². The number of hydrogen-bond donors (Lipinski definition) is 2. The Bertz CT molecular complexity index is 393. The maximum absolute atomic E-state index is 13.7. The van der Waals surface area contributed by atoms with Crippen LogP contribution in [0, 0.1) is 11.2 Å². The molecule has 0 aliphatic carbocycles. The lowest BCUT2D eigenvalue weighted by atomic mass is 9.83. The topological polar surface area (TPSA) is 46.2 Å². The SMILES string of the molecule is CC(C)(C)[C@H](N)C[C@H](O)c1cccc(Cl)c1F.Cl. The van der Waals surface area contributed by atoms with Gasteiger partial charge in [-0.1, -0.05) is 44.5 Å². The number of rotatable bonds is 3. The summed E-state index contributed by atoms with van der Waals surface area (Å²) in [6.45, 7) is 5.95. The van der Waals surface area contributed by atoms with E-state index >= 15 is 0 Å². The highest BCUT2D eigenvalue weighted by Gasteiger charge is 2.25. The summed E-state index contributed by atoms with van der Waals surface area (Å²) >= 11 is 5.67. The summed E-state index contributed by atoms with van der Waals surface area (Å²) in [5.41, 5.74) is 6.04. The van der Waals surface area contributed by atoms with E-state index in [4.69, 9.17) is 17.3 Å². The van der Waals surface area contributed by atoms with Crippen molar-refractivity contribution in [2.24, 2.45) is 11.1 Å². The first kappa shape index (κ1) is 17.6. The van der Waals surface area contributed by atoms with Crippen molar-refractivity contribution in [2.75, 3.05) is 0 Å². The molecule has 5 heteroatoms. The minimum Gasteiger partial charge on any atom is -0.388 e. The molecule has 0 aromatic heterocycles. The Labute approximate surface area is 119 Å². The van der Waals surface area contributed by atoms with Crippen LogP contribution in [0.5, 0.6) is 0 Å². The molecule has 0 saturated carbocycles. The number of aliphatic hydroxyl groups is 1. The molecular formula is C13H20Cl2FNO. The van der Waals surface area contributed by atoms with Crippen molar-refractivity contribution >= 4 is 24.0 Å². The highest BCUT2D eigenvalue weighted by molar-refractivity contribution is 6.30. The fraction of sp³-hybridized carbons (Fsp3) is 0.538. The number of aliphatic hydroxyl groups excluding tert-OH is 1. The van der Waals surface area contributed by atoms with Gasteiger partial charge in [0.05, 0.1) is 11.1 Å². The summed E-state index contributed by atoms with van der Waals surface area (Å²) < 4.78 is 13.7. The smallest absolute Gasteiger partial charge is 0.147 e. The van der Waals surface area contributed by atoms with E-state index in [0.29, 0.717) is 6.42 Å². The Morgan fingerprint density at radius 3 is 2.44 bits per heavy atom. The number of benzene rings is 1. The molecule has 0 amide bonds. The molecule has 104 valence electrons. The molecule has 0 unspecified atom stereocenters. The average molecular weight is 296 g/mol. The molecule has 0 aliphatic rings. The molecule has 1 rings (SSSR count). The highest BCUT2D eigenvalue weighted by atomic mass is 35.5. The van der Waals surface area contributed by atoms with Crippen LogP contribution in [-0.2, 0) is 0 Å². The van der Waals surface area contributed by atoms with Crippen molar-refractivity contribution < 1.29 is 9.50 Å². The molecule has 0 aliphatic heterocycles. The molecule has 2 atom stereocenters. The second-order valence-electron chi connectivity index (χ2n) is 5.37. The molecule has 18 heavy (non-hydrogen) atoms. The van der Waals surface area contributed by atoms with Crippen LogP contribution in [0.1, 0.15) is 38.9 Å². The minimum atomic E-state index is -0.928. The van der Waals surface area contributed by atoms with Crippen LogP contribution < -0.4 is 5.73 Å². The van der Waals surface area contributed by atoms with Gasteiger partial charge in [0.1, 0.15) is 5.82 Å². The minimum absolute atomic E-state index is 0. The fourth-order valence-electron chi connectivity index (χ4n) is 1.50. The molecule has 0 bridgehead atoms. The van der Waals surface area contributed by atoms with E-state index in [9.17, 15) is 9.50 Å². The van der Waals surface area contributed by atoms with E-state index in [-0.39, 0.29) is 34.4 Å². The van der Waals surface area contributed by atoms with E-state index in [1.807, 2.05) is 20.8 Å². The van der Waals surface area contributed by atoms with E-state index in [2.05, 4.69) is 0 Å². The Kier molecular flexibility index (Phi) is 6.58. The molecule has 3 N–H and O–H groups in total. The second-order valence-corrected chi connectivity index (χ2v) is 5.77. The van der Waals surface area contributed by atoms with Gasteiger partial charge in [-0.05, 0) is 17.9 Å². The maximum atomic E-state index is 13.7. The van der Waals surface area contributed by atoms with E-state index in [0.717, 1.165) is 0 Å². The van der Waals surface area contributed by atoms with Crippen molar-refractivity contribution in [3.05, 3.63) is 34.6 Å². The Hall–Kier alpha value is -0.350. The van der Waals surface area contributed by atoms with Crippen LogP contribution in [0.2, 0.25) is 5.02 Å². The predicted molar refractivity (Wildman–Crippen MR) is 75.7 cm³/mol. The zero-order chi connectivity index (χ0) is 13.2. The Balaban J connectivity index is 0.00000289. The van der Waals surface area contributed by atoms with Gasteiger partial charge >= 0.3 is 0 Å². The molecule has 1 aromatic carbocycles. The van der Waals surface area contributed by atoms with Crippen LogP contribution in [0.3, 0.4) is 0 Å². The van der Waals surface area contributed by atoms with E-state index in [1.54, 1.807) is 6.07 Å². The summed E-state index contributed by atoms with van der Waals surface area (Å²) in [7, 11) is 0. The number of nitrogens with two attached hydrogens (primary N) is 1. The van der Waals surface area contributed by atoms with Gasteiger partial charge in [0.15, 0.2) is 0 Å². The summed E-state index contributed by atoms with van der Waals surface area (Å²) in [4.78, 5) is 0. The van der Waals surface area contributed by atoms with Crippen molar-refractivity contribution in [1.29, 1.82) is 0 Å². The van der Waals surface area contributed by atoms with Gasteiger partial charge in [-0.25, -0.2) is 4.39 Å². The van der Waals surface area contributed by atoms with Gasteiger partial charge in [0, 0.05) is 11.6 Å². The third-order valence-corrected chi connectivity index (χ3v) is 3.22. The normalized spacial score (nSPS) is 14.8. The van der Waals surface area contributed by atoms with Crippen molar-refractivity contribution in [3.63, 3.8) is 0 Å². The first-order valence-electron chi connectivity index (χ1n) is 5.61. The maximum Gasteiger partial charge on any atom is 0.147 e. The monoisotopic (exact) mass is 295 g/mol. The lowest BCUT2D eigenvalue weighted by Crippen LogP contribution is -2.36. The summed E-state index contributed by atoms with van der Waals surface area (Å²) in [5.74, 6) is -0.567. The van der Waals surface area contributed by atoms with E-state index < -0.39 is 11.9 Å². The predicted octanol–water partition coefficient (Wildman–Crippen LogP) is 3.70. The quantitative estimate of drug-likeness (QED) is 0.893. The molecule has 0 saturated heterocycles. The third kappa shape index (κ3) is 4.39. The van der Waals surface area contributed by atoms with Gasteiger partial charge in [-0.15, -0.1) is 12.4 Å². The summed E-state index contributed by atoms with van der Waals surface area (Å²) in [6.07, 6.45) is -0.622. The third-order valence-electron chi connectivity index (χ3n) is 2.93. The van der Waals surface area contributed by atoms with Gasteiger partial charge in [0.25, 0.3) is 0 Å². The molecular weight excluding hydrogens is 276 g/mol. The summed E-state index contributed by atoms with van der Waals surface area (Å²) in [6, 6.07) is 4.39. The van der Waals surface area contributed by atoms with Crippen LogP contribution in [-0.4, -0.2) is 11.1 Å². The molecule has 1 aromatic rings. The van der Waals surface area contributed by atoms with E-state index in [1.165, 1.54) is 12.1 Å². The lowest BCUT2D eigenvalue weighted by Gasteiger charge is -2.29. The summed E-state index contributed by atoms with van der Waals surface area (Å²) in [5, 5.41) is 10.0. The Morgan fingerprint density at radius 1 is 1.39 bits per heavy atom. The zero-order valence-electron chi connectivity index (χ0n) is 10.8. The lowest BCUT2D eigenvalue weighted by molar-refractivity contribution is 0.130. The standard InChI is InChI=1S/C13H19ClFNO.ClH/c1-13(2,3)11(16)7-10(17)8-5-4-6-9(14)12(8)15;/h4-6,10-11,17H,7,16H2,1-3H3;1H/t10-,11+;/m0./s1. The highest BCUT2D eigenvalue weighted by Crippen LogP contribution is 2.29. The number of halogens is 3. The molecule has 0 heterocycles. The van der Waals surface area contributed by atoms with Crippen LogP contribution in [0.4, 0.5) is 4.39 Å². The Morgan fingerprint density at radius 2 is 1.94 bits per heavy atom. The van der Waals surface area contributed by atoms with Gasteiger partial charge in [-0.2, -0.15) is 0 Å². The fourth-order valence-corrected chi connectivity index (χ4v) is 1.68. The van der Waals surface area contributed by atoms with Gasteiger partial charge in [-0.3, -0.25) is 0 Å². The van der Waals surface area contributed by atoms with Crippen molar-refractivity contribution in [1.82, 2.24) is 0 Å². The first-order valence-corrected chi connectivity index (χ1v) is 5.99. The second kappa shape index (κ2) is 6.71. The van der Waals surface area contributed by atoms with Crippen LogP contribution in [0.25, 0.3) is 0 Å². The largest absolute Gasteiger partial charge is 0.388 e. The molecule has 2 nitrogen and oxygen atoms in total. The van der Waals surface area contributed by atoms with Gasteiger partial charge < -0.3 is 10.8 Å². The molecule has 0 fully saturated rings.